The Balaban J connectivity index is 0.00000162. The summed E-state index contributed by atoms with van der Waals surface area (Å²) in [6.45, 7) is 2.77. The summed E-state index contributed by atoms with van der Waals surface area (Å²) in [4.78, 5) is 13.9. The van der Waals surface area contributed by atoms with Crippen molar-refractivity contribution in [2.24, 2.45) is 5.92 Å². The summed E-state index contributed by atoms with van der Waals surface area (Å²) in [6, 6.07) is 0. The fourth-order valence-electron chi connectivity index (χ4n) is 2.19. The maximum Gasteiger partial charge on any atom is 0.275 e. The smallest absolute Gasteiger partial charge is 0.275 e. The Morgan fingerprint density at radius 1 is 1.56 bits per heavy atom. The minimum absolute atomic E-state index is 0. The number of carbonyl (C=O) groups is 1. The fraction of sp³-hybridized carbons (Fsp3) is 0.727. The fourth-order valence-corrected chi connectivity index (χ4v) is 2.60. The van der Waals surface area contributed by atoms with Gasteiger partial charge >= 0.3 is 0 Å². The lowest BCUT2D eigenvalue weighted by Crippen LogP contribution is -2.39. The first-order chi connectivity index (χ1) is 8.31. The highest BCUT2D eigenvalue weighted by Crippen LogP contribution is 2.21. The van der Waals surface area contributed by atoms with Crippen LogP contribution in [0.3, 0.4) is 0 Å². The van der Waals surface area contributed by atoms with E-state index in [1.807, 2.05) is 11.9 Å². The van der Waals surface area contributed by atoms with Gasteiger partial charge in [-0.1, -0.05) is 0 Å². The number of nitrogens with zero attached hydrogens (tertiary/aromatic N) is 3. The monoisotopic (exact) mass is 290 g/mol. The zero-order chi connectivity index (χ0) is 12.1. The van der Waals surface area contributed by atoms with Crippen LogP contribution in [-0.4, -0.2) is 46.2 Å². The second-order valence-electron chi connectivity index (χ2n) is 4.42. The number of likely N-dealkylation sites (tertiary alicyclic amines) is 1. The average molecular weight is 291 g/mol. The van der Waals surface area contributed by atoms with E-state index in [0.29, 0.717) is 5.69 Å². The molecular formula is C11H19ClN4OS. The molecule has 102 valence electrons. The van der Waals surface area contributed by atoms with Crippen molar-refractivity contribution >= 4 is 30.0 Å². The third-order valence-corrected chi connectivity index (χ3v) is 3.76. The molecule has 18 heavy (non-hydrogen) atoms. The van der Waals surface area contributed by atoms with Gasteiger partial charge in [-0.2, -0.15) is 8.75 Å². The highest BCUT2D eigenvalue weighted by molar-refractivity contribution is 6.99. The summed E-state index contributed by atoms with van der Waals surface area (Å²) in [5.41, 5.74) is 0.490. The molecule has 0 saturated carbocycles. The van der Waals surface area contributed by atoms with E-state index in [9.17, 15) is 4.79 Å². The van der Waals surface area contributed by atoms with Crippen LogP contribution in [0.4, 0.5) is 0 Å². The largest absolute Gasteiger partial charge is 0.337 e. The van der Waals surface area contributed by atoms with Crippen molar-refractivity contribution in [1.82, 2.24) is 19.0 Å². The van der Waals surface area contributed by atoms with Gasteiger partial charge in [0.05, 0.1) is 17.9 Å². The molecule has 1 aromatic rings. The van der Waals surface area contributed by atoms with Crippen LogP contribution < -0.4 is 5.32 Å². The van der Waals surface area contributed by atoms with Crippen LogP contribution in [0.15, 0.2) is 6.20 Å². The number of nitrogens with one attached hydrogen (secondary N) is 1. The van der Waals surface area contributed by atoms with Gasteiger partial charge < -0.3 is 10.2 Å². The molecule has 7 heteroatoms. The molecule has 1 fully saturated rings. The normalized spacial score (nSPS) is 16.4. The number of amides is 1. The minimum atomic E-state index is 0. The first-order valence-electron chi connectivity index (χ1n) is 6.02. The van der Waals surface area contributed by atoms with E-state index in [-0.39, 0.29) is 18.3 Å². The second kappa shape index (κ2) is 7.66. The van der Waals surface area contributed by atoms with Crippen LogP contribution >= 0.6 is 24.1 Å². The summed E-state index contributed by atoms with van der Waals surface area (Å²) in [5.74, 6) is 0.783. The van der Waals surface area contributed by atoms with Gasteiger partial charge in [-0.05, 0) is 38.8 Å². The molecule has 2 rings (SSSR count). The lowest BCUT2D eigenvalue weighted by Gasteiger charge is -2.31. The molecule has 0 aromatic carbocycles. The maximum atomic E-state index is 12.0. The molecule has 1 amide bonds. The minimum Gasteiger partial charge on any atom is -0.337 e. The Morgan fingerprint density at radius 2 is 2.28 bits per heavy atom. The third kappa shape index (κ3) is 3.90. The van der Waals surface area contributed by atoms with Gasteiger partial charge in [0.15, 0.2) is 5.69 Å². The van der Waals surface area contributed by atoms with Gasteiger partial charge in [-0.25, -0.2) is 0 Å². The van der Waals surface area contributed by atoms with E-state index in [2.05, 4.69) is 14.1 Å². The van der Waals surface area contributed by atoms with Crippen LogP contribution in [-0.2, 0) is 0 Å². The standard InChI is InChI=1S/C11H18N4OS.ClH/c1-12-5-2-9-3-6-15(7-4-9)11(16)10-8-13-17-14-10;/h8-9,12H,2-7H2,1H3;1H. The topological polar surface area (TPSA) is 58.1 Å². The number of hydrogen-bond acceptors (Lipinski definition) is 5. The first-order valence-corrected chi connectivity index (χ1v) is 6.75. The van der Waals surface area contributed by atoms with Crippen LogP contribution in [0, 0.1) is 5.92 Å². The van der Waals surface area contributed by atoms with Gasteiger partial charge in [0, 0.05) is 13.1 Å². The molecule has 1 N–H and O–H groups in total. The zero-order valence-corrected chi connectivity index (χ0v) is 12.1. The highest BCUT2D eigenvalue weighted by atomic mass is 35.5. The van der Waals surface area contributed by atoms with E-state index in [1.54, 1.807) is 6.20 Å². The molecule has 5 nitrogen and oxygen atoms in total. The quantitative estimate of drug-likeness (QED) is 0.911. The van der Waals surface area contributed by atoms with Crippen LogP contribution in [0.1, 0.15) is 29.8 Å². The van der Waals surface area contributed by atoms with E-state index in [0.717, 1.165) is 50.1 Å². The summed E-state index contributed by atoms with van der Waals surface area (Å²) < 4.78 is 7.86. The molecule has 0 unspecified atom stereocenters. The predicted molar refractivity (Wildman–Crippen MR) is 74.3 cm³/mol. The Morgan fingerprint density at radius 3 is 2.83 bits per heavy atom. The third-order valence-electron chi connectivity index (χ3n) is 3.28. The lowest BCUT2D eigenvalue weighted by molar-refractivity contribution is 0.0682. The van der Waals surface area contributed by atoms with Crippen molar-refractivity contribution in [2.45, 2.75) is 19.3 Å². The van der Waals surface area contributed by atoms with Crippen LogP contribution in [0.25, 0.3) is 0 Å². The number of piperidine rings is 1. The molecule has 2 heterocycles. The number of aromatic nitrogens is 2. The van der Waals surface area contributed by atoms with E-state index < -0.39 is 0 Å². The van der Waals surface area contributed by atoms with Gasteiger partial charge in [-0.15, -0.1) is 12.4 Å². The molecule has 0 spiro atoms. The van der Waals surface area contributed by atoms with Gasteiger partial charge in [0.25, 0.3) is 5.91 Å². The molecule has 0 bridgehead atoms. The summed E-state index contributed by atoms with van der Waals surface area (Å²) in [5, 5.41) is 3.17. The summed E-state index contributed by atoms with van der Waals surface area (Å²) >= 11 is 1.09. The highest BCUT2D eigenvalue weighted by Gasteiger charge is 2.24. The van der Waals surface area contributed by atoms with Crippen molar-refractivity contribution in [1.29, 1.82) is 0 Å². The molecule has 0 atom stereocenters. The van der Waals surface area contributed by atoms with E-state index in [4.69, 9.17) is 0 Å². The SMILES string of the molecule is CNCCC1CCN(C(=O)c2cnsn2)CC1.Cl. The van der Waals surface area contributed by atoms with Crippen LogP contribution in [0.5, 0.6) is 0 Å². The van der Waals surface area contributed by atoms with Crippen molar-refractivity contribution in [3.8, 4) is 0 Å². The summed E-state index contributed by atoms with van der Waals surface area (Å²) in [6.07, 6.45) is 4.97. The molecule has 1 aromatic heterocycles. The Hall–Kier alpha value is -0.720. The molecule has 1 aliphatic heterocycles. The van der Waals surface area contributed by atoms with Gasteiger partial charge in [-0.3, -0.25) is 4.79 Å². The summed E-state index contributed by atoms with van der Waals surface area (Å²) in [7, 11) is 1.98. The van der Waals surface area contributed by atoms with Gasteiger partial charge in [0.2, 0.25) is 0 Å². The Bertz CT molecular complexity index is 352. The molecule has 0 radical (unpaired) electrons. The van der Waals surface area contributed by atoms with Crippen molar-refractivity contribution < 1.29 is 4.79 Å². The average Bonchev–Trinajstić information content (AvgIpc) is 2.90. The number of halogens is 1. The maximum absolute atomic E-state index is 12.0. The zero-order valence-electron chi connectivity index (χ0n) is 10.5. The van der Waals surface area contributed by atoms with Crippen molar-refractivity contribution in [3.05, 3.63) is 11.9 Å². The molecule has 1 saturated heterocycles. The van der Waals surface area contributed by atoms with E-state index >= 15 is 0 Å². The number of rotatable bonds is 4. The number of carbonyl (C=O) groups excluding carboxylic acids is 1. The predicted octanol–water partition coefficient (Wildman–Crippen LogP) is 1.42. The first kappa shape index (κ1) is 15.3. The lowest BCUT2D eigenvalue weighted by atomic mass is 9.93. The van der Waals surface area contributed by atoms with Crippen molar-refractivity contribution in [2.75, 3.05) is 26.7 Å². The molecular weight excluding hydrogens is 272 g/mol. The Labute approximate surface area is 118 Å². The van der Waals surface area contributed by atoms with E-state index in [1.165, 1.54) is 6.42 Å². The van der Waals surface area contributed by atoms with Gasteiger partial charge in [0.1, 0.15) is 0 Å². The van der Waals surface area contributed by atoms with Crippen LogP contribution in [0.2, 0.25) is 0 Å². The van der Waals surface area contributed by atoms with Crippen molar-refractivity contribution in [3.63, 3.8) is 0 Å². The second-order valence-corrected chi connectivity index (χ2v) is 4.98. The Kier molecular flexibility index (Phi) is 6.52. The number of hydrogen-bond donors (Lipinski definition) is 1. The molecule has 0 aliphatic carbocycles. The molecule has 1 aliphatic rings.